The molecule has 4 nitrogen and oxygen atoms in total. The molecule has 0 aliphatic carbocycles. The Balaban J connectivity index is 2.91. The van der Waals surface area contributed by atoms with Crippen LogP contribution in [0.2, 0.25) is 15.2 Å². The molecule has 0 saturated heterocycles. The standard InChI is InChI=1S/C12H8BrCl3N2O2/c1-2-6-10(16)17-12(20)18(11(6)19)9-7(14)3-5(13)4-8(9)15/h3-4H,2H2,1H3,(H,17,20). The van der Waals surface area contributed by atoms with Gasteiger partial charge in [0.1, 0.15) is 5.15 Å². The smallest absolute Gasteiger partial charge is 0.297 e. The predicted molar refractivity (Wildman–Crippen MR) is 84.8 cm³/mol. The van der Waals surface area contributed by atoms with Crippen LogP contribution in [0.15, 0.2) is 26.2 Å². The number of hydrogen-bond acceptors (Lipinski definition) is 2. The molecular weight excluding hydrogens is 390 g/mol. The van der Waals surface area contributed by atoms with Gasteiger partial charge in [0, 0.05) is 4.47 Å². The predicted octanol–water partition coefficient (Wildman–Crippen LogP) is 3.81. The Labute approximate surface area is 137 Å². The molecular formula is C12H8BrCl3N2O2. The molecule has 0 aliphatic heterocycles. The van der Waals surface area contributed by atoms with E-state index in [9.17, 15) is 9.59 Å². The van der Waals surface area contributed by atoms with Gasteiger partial charge >= 0.3 is 5.69 Å². The first-order valence-electron chi connectivity index (χ1n) is 5.55. The van der Waals surface area contributed by atoms with Crippen LogP contribution in [-0.2, 0) is 6.42 Å². The molecule has 0 fully saturated rings. The highest BCUT2D eigenvalue weighted by Gasteiger charge is 2.17. The molecule has 0 spiro atoms. The van der Waals surface area contributed by atoms with Gasteiger partial charge in [0.15, 0.2) is 0 Å². The van der Waals surface area contributed by atoms with Crippen molar-refractivity contribution in [2.75, 3.05) is 0 Å². The van der Waals surface area contributed by atoms with E-state index in [-0.39, 0.29) is 20.9 Å². The first-order chi connectivity index (χ1) is 9.36. The monoisotopic (exact) mass is 396 g/mol. The summed E-state index contributed by atoms with van der Waals surface area (Å²) < 4.78 is 1.53. The highest BCUT2D eigenvalue weighted by molar-refractivity contribution is 9.10. The summed E-state index contributed by atoms with van der Waals surface area (Å²) in [6.07, 6.45) is 0.375. The second-order valence-corrected chi connectivity index (χ2v) is 6.04. The van der Waals surface area contributed by atoms with E-state index in [2.05, 4.69) is 20.9 Å². The Morgan fingerprint density at radius 2 is 1.75 bits per heavy atom. The molecule has 0 unspecified atom stereocenters. The van der Waals surface area contributed by atoms with Crippen molar-refractivity contribution in [1.82, 2.24) is 9.55 Å². The van der Waals surface area contributed by atoms with Gasteiger partial charge in [0.25, 0.3) is 5.56 Å². The second kappa shape index (κ2) is 5.93. The third-order valence-electron chi connectivity index (χ3n) is 2.70. The van der Waals surface area contributed by atoms with E-state index in [1.165, 1.54) is 0 Å². The fourth-order valence-corrected chi connectivity index (χ4v) is 3.48. The van der Waals surface area contributed by atoms with E-state index in [1.54, 1.807) is 19.1 Å². The summed E-state index contributed by atoms with van der Waals surface area (Å²) in [7, 11) is 0. The van der Waals surface area contributed by atoms with Crippen LogP contribution in [-0.4, -0.2) is 9.55 Å². The number of halogens is 4. The minimum Gasteiger partial charge on any atom is -0.297 e. The van der Waals surface area contributed by atoms with E-state index >= 15 is 0 Å². The van der Waals surface area contributed by atoms with Gasteiger partial charge in [-0.05, 0) is 18.6 Å². The Kier molecular flexibility index (Phi) is 4.64. The summed E-state index contributed by atoms with van der Waals surface area (Å²) in [6.45, 7) is 1.76. The lowest BCUT2D eigenvalue weighted by atomic mass is 10.2. The lowest BCUT2D eigenvalue weighted by molar-refractivity contribution is 0.842. The molecule has 2 aromatic rings. The van der Waals surface area contributed by atoms with Crippen LogP contribution in [0.1, 0.15) is 12.5 Å². The molecule has 1 aromatic carbocycles. The minimum atomic E-state index is -0.691. The number of benzene rings is 1. The Bertz CT molecular complexity index is 775. The molecule has 0 saturated carbocycles. The van der Waals surface area contributed by atoms with Gasteiger partial charge in [-0.2, -0.15) is 0 Å². The van der Waals surface area contributed by atoms with Gasteiger partial charge in [-0.1, -0.05) is 57.7 Å². The largest absolute Gasteiger partial charge is 0.334 e. The normalized spacial score (nSPS) is 10.8. The molecule has 106 valence electrons. The second-order valence-electron chi connectivity index (χ2n) is 3.93. The Morgan fingerprint density at radius 1 is 1.20 bits per heavy atom. The average Bonchev–Trinajstić information content (AvgIpc) is 2.32. The Morgan fingerprint density at radius 3 is 2.25 bits per heavy atom. The number of hydrogen-bond donors (Lipinski definition) is 1. The van der Waals surface area contributed by atoms with Crippen LogP contribution in [0, 0.1) is 0 Å². The number of rotatable bonds is 2. The molecule has 0 radical (unpaired) electrons. The maximum absolute atomic E-state index is 12.4. The average molecular weight is 398 g/mol. The topological polar surface area (TPSA) is 54.9 Å². The Hall–Kier alpha value is -0.750. The van der Waals surface area contributed by atoms with E-state index in [1.807, 2.05) is 0 Å². The molecule has 1 N–H and O–H groups in total. The quantitative estimate of drug-likeness (QED) is 0.782. The van der Waals surface area contributed by atoms with Crippen molar-refractivity contribution in [2.45, 2.75) is 13.3 Å². The molecule has 0 atom stereocenters. The van der Waals surface area contributed by atoms with Crippen molar-refractivity contribution in [2.24, 2.45) is 0 Å². The summed E-state index contributed by atoms with van der Waals surface area (Å²) in [4.78, 5) is 26.8. The van der Waals surface area contributed by atoms with Crippen molar-refractivity contribution >= 4 is 50.7 Å². The van der Waals surface area contributed by atoms with Crippen molar-refractivity contribution in [3.05, 3.63) is 58.2 Å². The summed E-state index contributed by atoms with van der Waals surface area (Å²) in [5.74, 6) is 0. The zero-order valence-electron chi connectivity index (χ0n) is 10.1. The molecule has 1 heterocycles. The number of aromatic amines is 1. The van der Waals surface area contributed by atoms with Crippen LogP contribution in [0.5, 0.6) is 0 Å². The first kappa shape index (κ1) is 15.6. The zero-order valence-corrected chi connectivity index (χ0v) is 14.0. The van der Waals surface area contributed by atoms with E-state index in [0.717, 1.165) is 4.57 Å². The van der Waals surface area contributed by atoms with Crippen molar-refractivity contribution in [3.8, 4) is 5.69 Å². The molecule has 1 aromatic heterocycles. The third kappa shape index (κ3) is 2.68. The molecule has 0 aliphatic rings. The number of nitrogens with zero attached hydrogens (tertiary/aromatic N) is 1. The maximum Gasteiger partial charge on any atom is 0.334 e. The fourth-order valence-electron chi connectivity index (χ4n) is 1.80. The van der Waals surface area contributed by atoms with Crippen LogP contribution in [0.3, 0.4) is 0 Å². The molecule has 8 heteroatoms. The van der Waals surface area contributed by atoms with Crippen LogP contribution in [0.25, 0.3) is 5.69 Å². The third-order valence-corrected chi connectivity index (χ3v) is 4.06. The summed E-state index contributed by atoms with van der Waals surface area (Å²) in [5.41, 5.74) is -0.800. The fraction of sp³-hybridized carbons (Fsp3) is 0.167. The first-order valence-corrected chi connectivity index (χ1v) is 7.48. The zero-order chi connectivity index (χ0) is 15.0. The number of nitrogens with one attached hydrogen (secondary N) is 1. The summed E-state index contributed by atoms with van der Waals surface area (Å²) >= 11 is 21.3. The van der Waals surface area contributed by atoms with Crippen LogP contribution in [0.4, 0.5) is 0 Å². The van der Waals surface area contributed by atoms with Crippen LogP contribution >= 0.6 is 50.7 Å². The summed E-state index contributed by atoms with van der Waals surface area (Å²) in [5, 5.41) is 0.394. The van der Waals surface area contributed by atoms with Crippen molar-refractivity contribution < 1.29 is 0 Å². The van der Waals surface area contributed by atoms with E-state index in [4.69, 9.17) is 34.8 Å². The van der Waals surface area contributed by atoms with Gasteiger partial charge in [-0.15, -0.1) is 0 Å². The molecule has 0 bridgehead atoms. The van der Waals surface area contributed by atoms with Gasteiger partial charge in [0.2, 0.25) is 0 Å². The van der Waals surface area contributed by atoms with E-state index in [0.29, 0.717) is 16.5 Å². The van der Waals surface area contributed by atoms with Gasteiger partial charge < -0.3 is 0 Å². The van der Waals surface area contributed by atoms with Gasteiger partial charge in [-0.3, -0.25) is 9.78 Å². The van der Waals surface area contributed by atoms with Crippen molar-refractivity contribution in [3.63, 3.8) is 0 Å². The minimum absolute atomic E-state index is 0.0307. The molecule has 2 rings (SSSR count). The number of H-pyrrole nitrogens is 1. The summed E-state index contributed by atoms with van der Waals surface area (Å²) in [6, 6.07) is 3.10. The van der Waals surface area contributed by atoms with Gasteiger partial charge in [0.05, 0.1) is 21.3 Å². The van der Waals surface area contributed by atoms with Crippen LogP contribution < -0.4 is 11.2 Å². The lowest BCUT2D eigenvalue weighted by Crippen LogP contribution is -2.36. The van der Waals surface area contributed by atoms with E-state index < -0.39 is 11.2 Å². The van der Waals surface area contributed by atoms with Crippen molar-refractivity contribution in [1.29, 1.82) is 0 Å². The maximum atomic E-state index is 12.4. The highest BCUT2D eigenvalue weighted by Crippen LogP contribution is 2.31. The lowest BCUT2D eigenvalue weighted by Gasteiger charge is -2.11. The molecule has 20 heavy (non-hydrogen) atoms. The SMILES string of the molecule is CCc1c(Cl)[nH]c(=O)n(-c2c(Cl)cc(Br)cc2Cl)c1=O. The molecule has 0 amide bonds. The number of aromatic nitrogens is 2. The van der Waals surface area contributed by atoms with Gasteiger partial charge in [-0.25, -0.2) is 9.36 Å². The highest BCUT2D eigenvalue weighted by atomic mass is 79.9.